The largest absolute Gasteiger partial charge is 0.392 e. The van der Waals surface area contributed by atoms with Crippen molar-refractivity contribution in [1.82, 2.24) is 4.90 Å². The van der Waals surface area contributed by atoms with Crippen molar-refractivity contribution in [2.24, 2.45) is 0 Å². The molecule has 0 rings (SSSR count). The number of nitrogens with zero attached hydrogens (tertiary/aromatic N) is 1. The summed E-state index contributed by atoms with van der Waals surface area (Å²) in [6.45, 7) is 7.59. The fourth-order valence-corrected chi connectivity index (χ4v) is 0.799. The van der Waals surface area contributed by atoms with E-state index in [1.54, 1.807) is 6.08 Å². The highest BCUT2D eigenvalue weighted by Crippen LogP contribution is 1.87. The summed E-state index contributed by atoms with van der Waals surface area (Å²) in [4.78, 5) is 2.19. The quantitative estimate of drug-likeness (QED) is 0.352. The lowest BCUT2D eigenvalue weighted by molar-refractivity contribution is 0.0500. The second kappa shape index (κ2) is 8.71. The van der Waals surface area contributed by atoms with Crippen LogP contribution in [0.1, 0.15) is 13.8 Å². The third-order valence-corrected chi connectivity index (χ3v) is 1.65. The second-order valence-corrected chi connectivity index (χ2v) is 2.46. The molecule has 0 radical (unpaired) electrons. The zero-order valence-electron chi connectivity index (χ0n) is 7.99. The molecule has 3 nitrogen and oxygen atoms in total. The number of aliphatic hydroxyl groups is 1. The predicted molar refractivity (Wildman–Crippen MR) is 50.0 cm³/mol. The zero-order chi connectivity index (χ0) is 9.23. The molecule has 0 unspecified atom stereocenters. The Labute approximate surface area is 74.6 Å². The molecule has 12 heavy (non-hydrogen) atoms. The lowest BCUT2D eigenvalue weighted by atomic mass is 10.5. The van der Waals surface area contributed by atoms with Crippen LogP contribution in [-0.4, -0.2) is 43.0 Å². The number of hydrogen-bond acceptors (Lipinski definition) is 3. The Morgan fingerprint density at radius 2 is 1.92 bits per heavy atom. The van der Waals surface area contributed by atoms with Gasteiger partial charge < -0.3 is 9.84 Å². The van der Waals surface area contributed by atoms with Crippen molar-refractivity contribution >= 4 is 0 Å². The monoisotopic (exact) mass is 173 g/mol. The van der Waals surface area contributed by atoms with Gasteiger partial charge in [-0.1, -0.05) is 26.0 Å². The Bertz CT molecular complexity index is 111. The van der Waals surface area contributed by atoms with Gasteiger partial charge in [0.2, 0.25) is 0 Å². The van der Waals surface area contributed by atoms with Crippen molar-refractivity contribution < 1.29 is 9.84 Å². The molecule has 0 aliphatic heterocycles. The Balaban J connectivity index is 3.23. The van der Waals surface area contributed by atoms with E-state index in [-0.39, 0.29) is 6.61 Å². The highest BCUT2D eigenvalue weighted by atomic mass is 16.5. The van der Waals surface area contributed by atoms with Crippen LogP contribution in [0.2, 0.25) is 0 Å². The van der Waals surface area contributed by atoms with E-state index < -0.39 is 0 Å². The average Bonchev–Trinajstić information content (AvgIpc) is 2.11. The van der Waals surface area contributed by atoms with Crippen molar-refractivity contribution in [3.63, 3.8) is 0 Å². The van der Waals surface area contributed by atoms with Crippen molar-refractivity contribution in [2.75, 3.05) is 33.0 Å². The Kier molecular flexibility index (Phi) is 8.44. The summed E-state index contributed by atoms with van der Waals surface area (Å²) in [6.07, 6.45) is 3.51. The van der Waals surface area contributed by atoms with Crippen LogP contribution in [0.3, 0.4) is 0 Å². The van der Waals surface area contributed by atoms with Gasteiger partial charge in [-0.25, -0.2) is 0 Å². The first-order valence-electron chi connectivity index (χ1n) is 4.41. The van der Waals surface area contributed by atoms with Gasteiger partial charge in [0.1, 0.15) is 0 Å². The molecule has 0 saturated heterocycles. The van der Waals surface area contributed by atoms with Gasteiger partial charge in [0.25, 0.3) is 0 Å². The van der Waals surface area contributed by atoms with Gasteiger partial charge in [0.05, 0.1) is 19.9 Å². The van der Waals surface area contributed by atoms with Crippen LogP contribution in [0.5, 0.6) is 0 Å². The van der Waals surface area contributed by atoms with Gasteiger partial charge in [-0.3, -0.25) is 4.90 Å². The molecule has 3 heteroatoms. The van der Waals surface area contributed by atoms with Gasteiger partial charge in [-0.05, 0) is 13.1 Å². The van der Waals surface area contributed by atoms with Gasteiger partial charge >= 0.3 is 0 Å². The van der Waals surface area contributed by atoms with E-state index >= 15 is 0 Å². The van der Waals surface area contributed by atoms with Crippen LogP contribution in [0.15, 0.2) is 12.2 Å². The lowest BCUT2D eigenvalue weighted by Gasteiger charge is -2.16. The molecule has 0 heterocycles. The fraction of sp³-hybridized carbons (Fsp3) is 0.778. The second-order valence-electron chi connectivity index (χ2n) is 2.46. The van der Waals surface area contributed by atoms with E-state index in [2.05, 4.69) is 18.7 Å². The van der Waals surface area contributed by atoms with E-state index in [4.69, 9.17) is 9.84 Å². The summed E-state index contributed by atoms with van der Waals surface area (Å²) >= 11 is 0. The first-order chi connectivity index (χ1) is 5.85. The molecule has 0 aromatic rings. The number of hydrogen-bond donors (Lipinski definition) is 1. The van der Waals surface area contributed by atoms with Crippen LogP contribution < -0.4 is 0 Å². The lowest BCUT2D eigenvalue weighted by Crippen LogP contribution is -2.25. The third-order valence-electron chi connectivity index (χ3n) is 1.65. The molecule has 72 valence electrons. The maximum absolute atomic E-state index is 8.41. The summed E-state index contributed by atoms with van der Waals surface area (Å²) in [6, 6.07) is 0. The molecular weight excluding hydrogens is 154 g/mol. The minimum absolute atomic E-state index is 0.0919. The average molecular weight is 173 g/mol. The molecule has 0 amide bonds. The van der Waals surface area contributed by atoms with E-state index in [0.717, 1.165) is 13.1 Å². The van der Waals surface area contributed by atoms with Gasteiger partial charge in [-0.15, -0.1) is 0 Å². The molecule has 0 aromatic heterocycles. The molecule has 0 spiro atoms. The van der Waals surface area contributed by atoms with Crippen LogP contribution in [0.4, 0.5) is 0 Å². The van der Waals surface area contributed by atoms with Crippen molar-refractivity contribution in [3.05, 3.63) is 12.2 Å². The molecule has 0 aromatic carbocycles. The van der Waals surface area contributed by atoms with E-state index in [0.29, 0.717) is 13.3 Å². The zero-order valence-corrected chi connectivity index (χ0v) is 7.99. The number of aliphatic hydroxyl groups excluding tert-OH is 1. The maximum atomic E-state index is 8.41. The van der Waals surface area contributed by atoms with Gasteiger partial charge in [0, 0.05) is 0 Å². The minimum Gasteiger partial charge on any atom is -0.392 e. The molecule has 0 saturated carbocycles. The molecule has 0 bridgehead atoms. The smallest absolute Gasteiger partial charge is 0.0994 e. The minimum atomic E-state index is 0.0919. The van der Waals surface area contributed by atoms with Gasteiger partial charge in [0.15, 0.2) is 0 Å². The van der Waals surface area contributed by atoms with Crippen molar-refractivity contribution in [3.8, 4) is 0 Å². The summed E-state index contributed by atoms with van der Waals surface area (Å²) in [7, 11) is 0. The van der Waals surface area contributed by atoms with Crippen molar-refractivity contribution in [2.45, 2.75) is 13.8 Å². The van der Waals surface area contributed by atoms with E-state index in [1.807, 2.05) is 6.08 Å². The normalized spacial score (nSPS) is 11.7. The Morgan fingerprint density at radius 3 is 2.42 bits per heavy atom. The molecule has 1 N–H and O–H groups in total. The Hall–Kier alpha value is -0.380. The van der Waals surface area contributed by atoms with Crippen LogP contribution in [-0.2, 0) is 4.74 Å². The fourth-order valence-electron chi connectivity index (χ4n) is 0.799. The molecule has 0 aliphatic rings. The maximum Gasteiger partial charge on any atom is 0.0994 e. The van der Waals surface area contributed by atoms with Crippen LogP contribution in [0, 0.1) is 0 Å². The van der Waals surface area contributed by atoms with Crippen molar-refractivity contribution in [1.29, 1.82) is 0 Å². The van der Waals surface area contributed by atoms with Crippen LogP contribution in [0.25, 0.3) is 0 Å². The summed E-state index contributed by atoms with van der Waals surface area (Å²) in [5.41, 5.74) is 0. The molecule has 0 atom stereocenters. The van der Waals surface area contributed by atoms with E-state index in [9.17, 15) is 0 Å². The highest BCUT2D eigenvalue weighted by molar-refractivity contribution is 4.80. The SMILES string of the molecule is CCN(CC)COCC=CCO. The Morgan fingerprint density at radius 1 is 1.25 bits per heavy atom. The summed E-state index contributed by atoms with van der Waals surface area (Å²) in [5.74, 6) is 0. The molecular formula is C9H19NO2. The standard InChI is InChI=1S/C9H19NO2/c1-3-10(4-2)9-12-8-6-5-7-11/h5-6,11H,3-4,7-9H2,1-2H3. The summed E-state index contributed by atoms with van der Waals surface area (Å²) < 4.78 is 5.31. The number of ether oxygens (including phenoxy) is 1. The van der Waals surface area contributed by atoms with Crippen LogP contribution >= 0.6 is 0 Å². The third kappa shape index (κ3) is 6.34. The topological polar surface area (TPSA) is 32.7 Å². The predicted octanol–water partition coefficient (Wildman–Crippen LogP) is 0.851. The highest BCUT2D eigenvalue weighted by Gasteiger charge is 1.95. The molecule has 0 fully saturated rings. The number of rotatable bonds is 7. The molecule has 0 aliphatic carbocycles. The summed E-state index contributed by atoms with van der Waals surface area (Å²) in [5, 5.41) is 8.41. The first-order valence-corrected chi connectivity index (χ1v) is 4.41. The van der Waals surface area contributed by atoms with E-state index in [1.165, 1.54) is 0 Å². The first kappa shape index (κ1) is 11.6. The van der Waals surface area contributed by atoms with Gasteiger partial charge in [-0.2, -0.15) is 0 Å².